The van der Waals surface area contributed by atoms with Gasteiger partial charge in [-0.2, -0.15) is 0 Å². The van der Waals surface area contributed by atoms with Gasteiger partial charge in [-0.15, -0.1) is 0 Å². The number of carbonyl (C=O) groups is 2. The normalized spacial score (nSPS) is 16.8. The molecule has 1 unspecified atom stereocenters. The summed E-state index contributed by atoms with van der Waals surface area (Å²) >= 11 is 0. The third-order valence-corrected chi connectivity index (χ3v) is 5.67. The van der Waals surface area contributed by atoms with Crippen molar-refractivity contribution in [1.29, 1.82) is 0 Å². The van der Waals surface area contributed by atoms with Gasteiger partial charge in [0.1, 0.15) is 5.60 Å². The topological polar surface area (TPSA) is 73.2 Å². The fourth-order valence-electron chi connectivity index (χ4n) is 4.06. The van der Waals surface area contributed by atoms with Crippen molar-refractivity contribution < 1.29 is 23.8 Å². The number of likely N-dealkylation sites (N-methyl/N-ethyl adjacent to an activating group) is 1. The quantitative estimate of drug-likeness (QED) is 0.564. The van der Waals surface area contributed by atoms with Crippen molar-refractivity contribution in [2.45, 2.75) is 58.9 Å². The lowest BCUT2D eigenvalue weighted by molar-refractivity contribution is -0.149. The van der Waals surface area contributed by atoms with E-state index in [4.69, 9.17) is 14.2 Å². The zero-order valence-electron chi connectivity index (χ0n) is 20.5. The average Bonchev–Trinajstić information content (AvgIpc) is 3.13. The Morgan fingerprint density at radius 1 is 1.24 bits per heavy atom. The summed E-state index contributed by atoms with van der Waals surface area (Å²) < 4.78 is 18.7. The van der Waals surface area contributed by atoms with Crippen LogP contribution in [0.15, 0.2) is 30.5 Å². The minimum absolute atomic E-state index is 0.109. The van der Waals surface area contributed by atoms with Crippen LogP contribution in [0.5, 0.6) is 0 Å². The van der Waals surface area contributed by atoms with Crippen LogP contribution in [0, 0.1) is 0 Å². The highest BCUT2D eigenvalue weighted by molar-refractivity contribution is 5.86. The van der Waals surface area contributed by atoms with Crippen molar-refractivity contribution in [3.8, 4) is 0 Å². The minimum Gasteiger partial charge on any atom is -0.444 e. The Morgan fingerprint density at radius 3 is 2.70 bits per heavy atom. The number of amides is 2. The van der Waals surface area contributed by atoms with Gasteiger partial charge in [-0.3, -0.25) is 4.79 Å². The lowest BCUT2D eigenvalue weighted by atomic mass is 10.1. The molecule has 2 amide bonds. The molecule has 33 heavy (non-hydrogen) atoms. The summed E-state index contributed by atoms with van der Waals surface area (Å²) in [6, 6.07) is 8.25. The number of para-hydroxylation sites is 1. The summed E-state index contributed by atoms with van der Waals surface area (Å²) in [7, 11) is 1.71. The highest BCUT2D eigenvalue weighted by Gasteiger charge is 2.34. The fourth-order valence-corrected chi connectivity index (χ4v) is 4.06. The SMILES string of the molecule is CCN(Cc1cn(CCCOC)c2ccccc12)C(=O)C1CN(C(=O)OC(C)(C)C)CCO1. The van der Waals surface area contributed by atoms with Crippen molar-refractivity contribution in [3.05, 3.63) is 36.0 Å². The van der Waals surface area contributed by atoms with E-state index in [0.717, 1.165) is 29.4 Å². The second-order valence-corrected chi connectivity index (χ2v) is 9.35. The molecule has 1 aliphatic heterocycles. The van der Waals surface area contributed by atoms with E-state index in [2.05, 4.69) is 22.9 Å². The van der Waals surface area contributed by atoms with Crippen LogP contribution >= 0.6 is 0 Å². The maximum absolute atomic E-state index is 13.3. The molecule has 1 fully saturated rings. The first-order valence-corrected chi connectivity index (χ1v) is 11.7. The zero-order valence-corrected chi connectivity index (χ0v) is 20.5. The maximum atomic E-state index is 13.3. The van der Waals surface area contributed by atoms with Gasteiger partial charge >= 0.3 is 6.09 Å². The number of benzene rings is 1. The number of hydrogen-bond donors (Lipinski definition) is 0. The molecular weight excluding hydrogens is 422 g/mol. The number of ether oxygens (including phenoxy) is 3. The largest absolute Gasteiger partial charge is 0.444 e. The molecule has 182 valence electrons. The molecule has 1 atom stereocenters. The molecule has 3 rings (SSSR count). The molecule has 8 nitrogen and oxygen atoms in total. The van der Waals surface area contributed by atoms with Crippen LogP contribution in [-0.4, -0.2) is 78.0 Å². The molecule has 0 N–H and O–H groups in total. The number of fused-ring (bicyclic) bond motifs is 1. The molecule has 8 heteroatoms. The Hall–Kier alpha value is -2.58. The van der Waals surface area contributed by atoms with E-state index in [1.807, 2.05) is 39.8 Å². The van der Waals surface area contributed by atoms with Crippen molar-refractivity contribution in [1.82, 2.24) is 14.4 Å². The maximum Gasteiger partial charge on any atom is 0.410 e. The zero-order chi connectivity index (χ0) is 24.0. The Kier molecular flexibility index (Phi) is 8.37. The Balaban J connectivity index is 1.72. The van der Waals surface area contributed by atoms with E-state index in [1.165, 1.54) is 0 Å². The molecule has 0 saturated carbocycles. The van der Waals surface area contributed by atoms with Crippen molar-refractivity contribution in [2.75, 3.05) is 40.0 Å². The monoisotopic (exact) mass is 459 g/mol. The number of methoxy groups -OCH3 is 1. The number of rotatable bonds is 8. The van der Waals surface area contributed by atoms with Crippen LogP contribution in [-0.2, 0) is 32.1 Å². The van der Waals surface area contributed by atoms with E-state index < -0.39 is 17.8 Å². The number of nitrogens with zero attached hydrogens (tertiary/aromatic N) is 3. The smallest absolute Gasteiger partial charge is 0.410 e. The predicted molar refractivity (Wildman–Crippen MR) is 127 cm³/mol. The molecule has 0 aliphatic carbocycles. The van der Waals surface area contributed by atoms with Gasteiger partial charge in [0.15, 0.2) is 6.10 Å². The van der Waals surface area contributed by atoms with E-state index in [9.17, 15) is 9.59 Å². The Bertz CT molecular complexity index is 949. The average molecular weight is 460 g/mol. The molecule has 2 aromatic rings. The first-order chi connectivity index (χ1) is 15.7. The number of morpholine rings is 1. The first-order valence-electron chi connectivity index (χ1n) is 11.7. The third kappa shape index (κ3) is 6.48. The van der Waals surface area contributed by atoms with E-state index in [-0.39, 0.29) is 12.5 Å². The second kappa shape index (κ2) is 11.0. The van der Waals surface area contributed by atoms with Gasteiger partial charge in [-0.25, -0.2) is 4.79 Å². The van der Waals surface area contributed by atoms with Crippen LogP contribution in [0.1, 0.15) is 39.7 Å². The summed E-state index contributed by atoms with van der Waals surface area (Å²) in [5.74, 6) is -0.109. The minimum atomic E-state index is -0.693. The summed E-state index contributed by atoms with van der Waals surface area (Å²) in [5.41, 5.74) is 1.66. The van der Waals surface area contributed by atoms with Crippen LogP contribution in [0.25, 0.3) is 10.9 Å². The van der Waals surface area contributed by atoms with Gasteiger partial charge in [0.05, 0.1) is 13.2 Å². The summed E-state index contributed by atoms with van der Waals surface area (Å²) in [5, 5.41) is 1.14. The Labute approximate surface area is 196 Å². The van der Waals surface area contributed by atoms with Gasteiger partial charge in [0.2, 0.25) is 0 Å². The van der Waals surface area contributed by atoms with Crippen molar-refractivity contribution >= 4 is 22.9 Å². The van der Waals surface area contributed by atoms with Crippen LogP contribution < -0.4 is 0 Å². The summed E-state index contributed by atoms with van der Waals surface area (Å²) in [6.45, 7) is 11.0. The molecule has 0 spiro atoms. The molecule has 2 heterocycles. The fraction of sp³-hybridized carbons (Fsp3) is 0.600. The van der Waals surface area contributed by atoms with Crippen molar-refractivity contribution in [3.63, 3.8) is 0 Å². The van der Waals surface area contributed by atoms with Gasteiger partial charge in [-0.05, 0) is 45.7 Å². The second-order valence-electron chi connectivity index (χ2n) is 9.35. The van der Waals surface area contributed by atoms with E-state index in [0.29, 0.717) is 32.8 Å². The molecule has 0 radical (unpaired) electrons. The predicted octanol–water partition coefficient (Wildman–Crippen LogP) is 3.66. The number of aromatic nitrogens is 1. The van der Waals surface area contributed by atoms with E-state index >= 15 is 0 Å². The lowest BCUT2D eigenvalue weighted by Gasteiger charge is -2.35. The van der Waals surface area contributed by atoms with Gasteiger partial charge in [0.25, 0.3) is 5.91 Å². The van der Waals surface area contributed by atoms with Gasteiger partial charge in [0, 0.05) is 57.0 Å². The first kappa shape index (κ1) is 25.1. The Morgan fingerprint density at radius 2 is 2.00 bits per heavy atom. The van der Waals surface area contributed by atoms with Gasteiger partial charge < -0.3 is 28.6 Å². The number of carbonyl (C=O) groups excluding carboxylic acids is 2. The van der Waals surface area contributed by atoms with E-state index in [1.54, 1.807) is 16.9 Å². The summed E-state index contributed by atoms with van der Waals surface area (Å²) in [6.07, 6.45) is 1.94. The summed E-state index contributed by atoms with van der Waals surface area (Å²) in [4.78, 5) is 29.2. The standard InChI is InChI=1S/C25H37N3O5/c1-6-26(23(29)22-18-28(13-15-32-22)24(30)33-25(2,3)4)16-19-17-27(12-9-14-31-5)21-11-8-7-10-20(19)21/h7-8,10-11,17,22H,6,9,12-16,18H2,1-5H3. The highest BCUT2D eigenvalue weighted by atomic mass is 16.6. The molecule has 1 aromatic carbocycles. The third-order valence-electron chi connectivity index (χ3n) is 5.67. The van der Waals surface area contributed by atoms with Crippen LogP contribution in [0.2, 0.25) is 0 Å². The number of aryl methyl sites for hydroxylation is 1. The molecule has 0 bridgehead atoms. The van der Waals surface area contributed by atoms with Crippen LogP contribution in [0.3, 0.4) is 0 Å². The van der Waals surface area contributed by atoms with Gasteiger partial charge in [-0.1, -0.05) is 18.2 Å². The number of hydrogen-bond acceptors (Lipinski definition) is 5. The molecular formula is C25H37N3O5. The molecule has 1 saturated heterocycles. The molecule has 1 aromatic heterocycles. The lowest BCUT2D eigenvalue weighted by Crippen LogP contribution is -2.53. The van der Waals surface area contributed by atoms with Crippen LogP contribution in [0.4, 0.5) is 4.79 Å². The van der Waals surface area contributed by atoms with Crippen molar-refractivity contribution in [2.24, 2.45) is 0 Å². The highest BCUT2D eigenvalue weighted by Crippen LogP contribution is 2.24. The molecule has 1 aliphatic rings.